The first-order valence-corrected chi connectivity index (χ1v) is 11.3. The summed E-state index contributed by atoms with van der Waals surface area (Å²) in [6.45, 7) is 5.67. The van der Waals surface area contributed by atoms with E-state index in [0.29, 0.717) is 15.6 Å². The minimum atomic E-state index is -0.644. The van der Waals surface area contributed by atoms with Crippen LogP contribution in [0.5, 0.6) is 0 Å². The van der Waals surface area contributed by atoms with E-state index in [1.807, 2.05) is 44.2 Å². The number of thioether (sulfide) groups is 1. The van der Waals surface area contributed by atoms with Crippen molar-refractivity contribution in [3.05, 3.63) is 69.7 Å². The predicted molar refractivity (Wildman–Crippen MR) is 122 cm³/mol. The molecule has 2 rings (SSSR count). The molecule has 1 atom stereocenters. The van der Waals surface area contributed by atoms with Crippen molar-refractivity contribution in [3.63, 3.8) is 0 Å². The topological polar surface area (TPSA) is 49.4 Å². The highest BCUT2D eigenvalue weighted by Gasteiger charge is 2.27. The Labute approximate surface area is 187 Å². The lowest BCUT2D eigenvalue weighted by Crippen LogP contribution is -2.49. The number of amides is 2. The van der Waals surface area contributed by atoms with E-state index in [1.54, 1.807) is 30.0 Å². The van der Waals surface area contributed by atoms with Crippen LogP contribution in [-0.2, 0) is 21.9 Å². The highest BCUT2D eigenvalue weighted by molar-refractivity contribution is 7.99. The van der Waals surface area contributed by atoms with E-state index in [1.165, 1.54) is 11.8 Å². The fraction of sp³-hybridized carbons (Fsp3) is 0.364. The van der Waals surface area contributed by atoms with Gasteiger partial charge in [-0.1, -0.05) is 59.6 Å². The van der Waals surface area contributed by atoms with Crippen LogP contribution in [0.25, 0.3) is 0 Å². The van der Waals surface area contributed by atoms with Crippen LogP contribution in [0.4, 0.5) is 0 Å². The maximum absolute atomic E-state index is 13.0. The summed E-state index contributed by atoms with van der Waals surface area (Å²) in [7, 11) is 0. The molecule has 0 radical (unpaired) electrons. The van der Waals surface area contributed by atoms with Crippen molar-refractivity contribution in [1.29, 1.82) is 0 Å². The van der Waals surface area contributed by atoms with Gasteiger partial charge in [0.2, 0.25) is 11.8 Å². The molecule has 1 N–H and O–H groups in total. The first-order valence-electron chi connectivity index (χ1n) is 9.44. The van der Waals surface area contributed by atoms with Crippen molar-refractivity contribution in [2.75, 3.05) is 5.75 Å². The molecule has 0 aliphatic carbocycles. The highest BCUT2D eigenvalue weighted by atomic mass is 35.5. The fourth-order valence-corrected chi connectivity index (χ4v) is 4.14. The third kappa shape index (κ3) is 7.25. The van der Waals surface area contributed by atoms with Gasteiger partial charge in [-0.05, 0) is 38.5 Å². The smallest absolute Gasteiger partial charge is 0.242 e. The van der Waals surface area contributed by atoms with Gasteiger partial charge >= 0.3 is 0 Å². The first-order chi connectivity index (χ1) is 13.8. The number of nitrogens with zero attached hydrogens (tertiary/aromatic N) is 1. The zero-order valence-electron chi connectivity index (χ0n) is 16.8. The van der Waals surface area contributed by atoms with E-state index in [2.05, 4.69) is 5.32 Å². The molecule has 0 saturated carbocycles. The third-order valence-electron chi connectivity index (χ3n) is 4.33. The minimum Gasteiger partial charge on any atom is -0.352 e. The first kappa shape index (κ1) is 23.6. The normalized spacial score (nSPS) is 11.9. The molecule has 0 aliphatic rings. The largest absolute Gasteiger partial charge is 0.352 e. The van der Waals surface area contributed by atoms with Crippen LogP contribution in [0.15, 0.2) is 48.5 Å². The van der Waals surface area contributed by atoms with Crippen molar-refractivity contribution in [1.82, 2.24) is 10.2 Å². The monoisotopic (exact) mass is 452 g/mol. The van der Waals surface area contributed by atoms with Crippen LogP contribution < -0.4 is 5.32 Å². The molecule has 0 aliphatic heterocycles. The maximum atomic E-state index is 13.0. The molecule has 29 heavy (non-hydrogen) atoms. The van der Waals surface area contributed by atoms with Crippen LogP contribution in [0.2, 0.25) is 10.0 Å². The summed E-state index contributed by atoms with van der Waals surface area (Å²) >= 11 is 14.1. The van der Waals surface area contributed by atoms with E-state index in [9.17, 15) is 9.59 Å². The molecule has 0 fully saturated rings. The van der Waals surface area contributed by atoms with Gasteiger partial charge in [-0.2, -0.15) is 0 Å². The lowest BCUT2D eigenvalue weighted by molar-refractivity contribution is -0.138. The van der Waals surface area contributed by atoms with Crippen molar-refractivity contribution in [3.8, 4) is 0 Å². The highest BCUT2D eigenvalue weighted by Crippen LogP contribution is 2.27. The standard InChI is InChI=1S/C22H26Cl2N2O2S/c1-15(2)25-22(28)16(3)26(12-18-19(23)10-7-11-20(18)24)21(27)14-29-13-17-8-5-4-6-9-17/h4-11,15-16H,12-14H2,1-3H3,(H,25,28)/t16-/m1/s1. The summed E-state index contributed by atoms with van der Waals surface area (Å²) in [6.07, 6.45) is 0. The summed E-state index contributed by atoms with van der Waals surface area (Å²) in [5.41, 5.74) is 1.79. The number of carbonyl (C=O) groups is 2. The summed E-state index contributed by atoms with van der Waals surface area (Å²) in [5.74, 6) is 0.647. The van der Waals surface area contributed by atoms with Gasteiger partial charge in [0.05, 0.1) is 5.75 Å². The molecule has 0 saturated heterocycles. The zero-order valence-corrected chi connectivity index (χ0v) is 19.2. The molecule has 2 aromatic carbocycles. The van der Waals surface area contributed by atoms with Crippen molar-refractivity contribution in [2.24, 2.45) is 0 Å². The van der Waals surface area contributed by atoms with Crippen LogP contribution in [0.3, 0.4) is 0 Å². The second-order valence-corrected chi connectivity index (χ2v) is 8.84. The van der Waals surface area contributed by atoms with Gasteiger partial charge in [-0.3, -0.25) is 9.59 Å². The number of halogens is 2. The quantitative estimate of drug-likeness (QED) is 0.570. The Morgan fingerprint density at radius 2 is 1.62 bits per heavy atom. The van der Waals surface area contributed by atoms with E-state index in [-0.39, 0.29) is 30.2 Å². The minimum absolute atomic E-state index is 0.0155. The zero-order chi connectivity index (χ0) is 21.4. The second-order valence-electron chi connectivity index (χ2n) is 7.04. The Morgan fingerprint density at radius 1 is 1.00 bits per heavy atom. The molecule has 0 aromatic heterocycles. The summed E-state index contributed by atoms with van der Waals surface area (Å²) in [6, 6.07) is 14.5. The average Bonchev–Trinajstić information content (AvgIpc) is 2.67. The molecule has 0 spiro atoms. The van der Waals surface area contributed by atoms with Gasteiger partial charge in [-0.15, -0.1) is 11.8 Å². The SMILES string of the molecule is CC(C)NC(=O)[C@@H](C)N(Cc1c(Cl)cccc1Cl)C(=O)CSCc1ccccc1. The van der Waals surface area contributed by atoms with E-state index < -0.39 is 6.04 Å². The van der Waals surface area contributed by atoms with Crippen LogP contribution in [0.1, 0.15) is 31.9 Å². The van der Waals surface area contributed by atoms with Gasteiger partial charge in [0.15, 0.2) is 0 Å². The number of hydrogen-bond donors (Lipinski definition) is 1. The van der Waals surface area contributed by atoms with Gasteiger partial charge in [-0.25, -0.2) is 0 Å². The second kappa shape index (κ2) is 11.5. The number of benzene rings is 2. The average molecular weight is 453 g/mol. The van der Waals surface area contributed by atoms with Crippen molar-refractivity contribution in [2.45, 2.75) is 45.2 Å². The summed E-state index contributed by atoms with van der Waals surface area (Å²) in [5, 5.41) is 3.82. The molecule has 7 heteroatoms. The molecular weight excluding hydrogens is 427 g/mol. The van der Waals surface area contributed by atoms with E-state index in [4.69, 9.17) is 23.2 Å². The van der Waals surface area contributed by atoms with E-state index in [0.717, 1.165) is 11.3 Å². The Kier molecular flexibility index (Phi) is 9.34. The lowest BCUT2D eigenvalue weighted by atomic mass is 10.1. The van der Waals surface area contributed by atoms with Gasteiger partial charge in [0, 0.05) is 33.9 Å². The molecule has 0 unspecified atom stereocenters. The Morgan fingerprint density at radius 3 is 2.21 bits per heavy atom. The summed E-state index contributed by atoms with van der Waals surface area (Å²) in [4.78, 5) is 27.2. The number of hydrogen-bond acceptors (Lipinski definition) is 3. The number of nitrogens with one attached hydrogen (secondary N) is 1. The Balaban J connectivity index is 2.14. The number of carbonyl (C=O) groups excluding carboxylic acids is 2. The predicted octanol–water partition coefficient (Wildman–Crippen LogP) is 5.17. The molecule has 156 valence electrons. The van der Waals surface area contributed by atoms with Crippen LogP contribution in [0, 0.1) is 0 Å². The molecule has 0 bridgehead atoms. The lowest BCUT2D eigenvalue weighted by Gasteiger charge is -2.30. The number of rotatable bonds is 9. The summed E-state index contributed by atoms with van der Waals surface area (Å²) < 4.78 is 0. The third-order valence-corrected chi connectivity index (χ3v) is 6.02. The molecule has 2 aromatic rings. The van der Waals surface area contributed by atoms with E-state index >= 15 is 0 Å². The van der Waals surface area contributed by atoms with Gasteiger partial charge in [0.1, 0.15) is 6.04 Å². The molecule has 4 nitrogen and oxygen atoms in total. The maximum Gasteiger partial charge on any atom is 0.242 e. The van der Waals surface area contributed by atoms with Crippen molar-refractivity contribution < 1.29 is 9.59 Å². The fourth-order valence-electron chi connectivity index (χ4n) is 2.75. The molecular formula is C22H26Cl2N2O2S. The molecule has 2 amide bonds. The van der Waals surface area contributed by atoms with Crippen LogP contribution >= 0.6 is 35.0 Å². The van der Waals surface area contributed by atoms with Gasteiger partial charge in [0.25, 0.3) is 0 Å². The van der Waals surface area contributed by atoms with Gasteiger partial charge < -0.3 is 10.2 Å². The molecule has 0 heterocycles. The Hall–Kier alpha value is -1.69. The van der Waals surface area contributed by atoms with Crippen molar-refractivity contribution >= 4 is 46.8 Å². The Bertz CT molecular complexity index is 811. The van der Waals surface area contributed by atoms with Crippen LogP contribution in [-0.4, -0.2) is 34.6 Å².